The molecule has 20 heavy (non-hydrogen) atoms. The fraction of sp³-hybridized carbons (Fsp3) is 0.188. The van der Waals surface area contributed by atoms with E-state index in [-0.39, 0.29) is 5.56 Å². The van der Waals surface area contributed by atoms with Gasteiger partial charge in [0.1, 0.15) is 0 Å². The summed E-state index contributed by atoms with van der Waals surface area (Å²) in [7, 11) is 0. The van der Waals surface area contributed by atoms with Crippen molar-refractivity contribution in [3.8, 4) is 0 Å². The zero-order valence-electron chi connectivity index (χ0n) is 11.4. The Morgan fingerprint density at radius 2 is 1.80 bits per heavy atom. The van der Waals surface area contributed by atoms with Gasteiger partial charge in [-0.2, -0.15) is 0 Å². The van der Waals surface area contributed by atoms with Gasteiger partial charge < -0.3 is 10.4 Å². The molecular weight excluding hydrogens is 318 g/mol. The number of carboxylic acids is 1. The van der Waals surface area contributed by atoms with E-state index >= 15 is 0 Å². The van der Waals surface area contributed by atoms with Gasteiger partial charge in [0, 0.05) is 16.7 Å². The summed E-state index contributed by atoms with van der Waals surface area (Å²) in [4.78, 5) is 10.9. The third-order valence-electron chi connectivity index (χ3n) is 3.00. The Balaban J connectivity index is 2.12. The second kappa shape index (κ2) is 6.09. The molecule has 4 heteroatoms. The zero-order valence-corrected chi connectivity index (χ0v) is 13.0. The monoisotopic (exact) mass is 333 g/mol. The highest BCUT2D eigenvalue weighted by molar-refractivity contribution is 9.10. The average Bonchev–Trinajstić information content (AvgIpc) is 2.36. The maximum atomic E-state index is 10.9. The van der Waals surface area contributed by atoms with Crippen LogP contribution in [0, 0.1) is 13.8 Å². The van der Waals surface area contributed by atoms with Crippen LogP contribution in [-0.4, -0.2) is 11.1 Å². The van der Waals surface area contributed by atoms with Crippen LogP contribution in [0.15, 0.2) is 40.9 Å². The van der Waals surface area contributed by atoms with Crippen LogP contribution in [0.25, 0.3) is 0 Å². The van der Waals surface area contributed by atoms with E-state index in [0.29, 0.717) is 6.54 Å². The maximum absolute atomic E-state index is 10.9. The van der Waals surface area contributed by atoms with E-state index in [2.05, 4.69) is 53.3 Å². The van der Waals surface area contributed by atoms with Crippen LogP contribution < -0.4 is 5.32 Å². The highest BCUT2D eigenvalue weighted by Crippen LogP contribution is 2.21. The first kappa shape index (κ1) is 14.6. The van der Waals surface area contributed by atoms with E-state index < -0.39 is 5.97 Å². The Hall–Kier alpha value is -1.81. The van der Waals surface area contributed by atoms with E-state index in [0.717, 1.165) is 15.7 Å². The normalized spacial score (nSPS) is 10.3. The SMILES string of the molecule is Cc1cc(C)cc(NCc2ccc(C(=O)O)cc2Br)c1. The summed E-state index contributed by atoms with van der Waals surface area (Å²) >= 11 is 3.41. The third kappa shape index (κ3) is 3.61. The summed E-state index contributed by atoms with van der Waals surface area (Å²) < 4.78 is 0.800. The molecule has 0 radical (unpaired) electrons. The van der Waals surface area contributed by atoms with Crippen molar-refractivity contribution in [3.63, 3.8) is 0 Å². The van der Waals surface area contributed by atoms with Crippen molar-refractivity contribution in [1.82, 2.24) is 0 Å². The highest BCUT2D eigenvalue weighted by atomic mass is 79.9. The third-order valence-corrected chi connectivity index (χ3v) is 3.74. The maximum Gasteiger partial charge on any atom is 0.335 e. The Bertz CT molecular complexity index is 633. The number of carboxylic acid groups (broad SMARTS) is 1. The summed E-state index contributed by atoms with van der Waals surface area (Å²) in [6, 6.07) is 11.4. The molecule has 0 atom stereocenters. The summed E-state index contributed by atoms with van der Waals surface area (Å²) in [6.07, 6.45) is 0. The number of aromatic carboxylic acids is 1. The van der Waals surface area contributed by atoms with Gasteiger partial charge in [0.2, 0.25) is 0 Å². The minimum atomic E-state index is -0.917. The number of benzene rings is 2. The predicted molar refractivity (Wildman–Crippen MR) is 84.3 cm³/mol. The van der Waals surface area contributed by atoms with Crippen LogP contribution in [0.4, 0.5) is 5.69 Å². The van der Waals surface area contributed by atoms with Crippen LogP contribution in [0.5, 0.6) is 0 Å². The molecule has 0 bridgehead atoms. The summed E-state index contributed by atoms with van der Waals surface area (Å²) in [5.41, 5.74) is 4.80. The predicted octanol–water partition coefficient (Wildman–Crippen LogP) is 4.38. The van der Waals surface area contributed by atoms with Crippen LogP contribution >= 0.6 is 15.9 Å². The first-order valence-corrected chi connectivity index (χ1v) is 7.09. The molecule has 0 aliphatic rings. The molecule has 0 aliphatic carbocycles. The summed E-state index contributed by atoms with van der Waals surface area (Å²) in [5.74, 6) is -0.917. The van der Waals surface area contributed by atoms with Gasteiger partial charge in [-0.3, -0.25) is 0 Å². The Kier molecular flexibility index (Phi) is 4.45. The van der Waals surface area contributed by atoms with Gasteiger partial charge in [-0.25, -0.2) is 4.79 Å². The van der Waals surface area contributed by atoms with E-state index in [1.54, 1.807) is 12.1 Å². The molecule has 0 amide bonds. The minimum absolute atomic E-state index is 0.284. The lowest BCUT2D eigenvalue weighted by Crippen LogP contribution is -2.03. The van der Waals surface area contributed by atoms with E-state index in [1.807, 2.05) is 6.07 Å². The lowest BCUT2D eigenvalue weighted by Gasteiger charge is -2.10. The molecule has 2 aromatic carbocycles. The van der Waals surface area contributed by atoms with Crippen molar-refractivity contribution in [2.75, 3.05) is 5.32 Å². The van der Waals surface area contributed by atoms with Crippen molar-refractivity contribution in [1.29, 1.82) is 0 Å². The molecule has 0 saturated heterocycles. The zero-order chi connectivity index (χ0) is 14.7. The van der Waals surface area contributed by atoms with E-state index in [9.17, 15) is 4.79 Å². The number of nitrogens with one attached hydrogen (secondary N) is 1. The van der Waals surface area contributed by atoms with Crippen LogP contribution in [0.1, 0.15) is 27.0 Å². The molecule has 0 saturated carbocycles. The largest absolute Gasteiger partial charge is 0.478 e. The molecule has 0 unspecified atom stereocenters. The number of rotatable bonds is 4. The topological polar surface area (TPSA) is 49.3 Å². The molecule has 0 fully saturated rings. The van der Waals surface area contributed by atoms with Crippen LogP contribution in [-0.2, 0) is 6.54 Å². The molecule has 104 valence electrons. The first-order valence-electron chi connectivity index (χ1n) is 6.29. The molecule has 2 N–H and O–H groups in total. The quantitative estimate of drug-likeness (QED) is 0.873. The van der Waals surface area contributed by atoms with Crippen molar-refractivity contribution in [2.24, 2.45) is 0 Å². The first-order chi connectivity index (χ1) is 9.45. The number of halogens is 1. The van der Waals surface area contributed by atoms with Crippen molar-refractivity contribution < 1.29 is 9.90 Å². The van der Waals surface area contributed by atoms with Crippen molar-refractivity contribution in [2.45, 2.75) is 20.4 Å². The van der Waals surface area contributed by atoms with Crippen molar-refractivity contribution >= 4 is 27.6 Å². The van der Waals surface area contributed by atoms with Crippen LogP contribution in [0.3, 0.4) is 0 Å². The molecular formula is C16H16BrNO2. The fourth-order valence-corrected chi connectivity index (χ4v) is 2.62. The molecule has 2 rings (SSSR count). The summed E-state index contributed by atoms with van der Waals surface area (Å²) in [6.45, 7) is 4.77. The van der Waals surface area contributed by atoms with Gasteiger partial charge >= 0.3 is 5.97 Å². The average molecular weight is 334 g/mol. The lowest BCUT2D eigenvalue weighted by molar-refractivity contribution is 0.0697. The van der Waals surface area contributed by atoms with Gasteiger partial charge in [0.15, 0.2) is 0 Å². The molecule has 3 nitrogen and oxygen atoms in total. The Morgan fingerprint density at radius 3 is 2.35 bits per heavy atom. The number of hydrogen-bond donors (Lipinski definition) is 2. The van der Waals surface area contributed by atoms with Gasteiger partial charge in [-0.15, -0.1) is 0 Å². The van der Waals surface area contributed by atoms with E-state index in [4.69, 9.17) is 5.11 Å². The molecule has 0 aliphatic heterocycles. The van der Waals surface area contributed by atoms with Gasteiger partial charge in [-0.05, 0) is 54.8 Å². The standard InChI is InChI=1S/C16H16BrNO2/c1-10-5-11(2)7-14(6-10)18-9-13-4-3-12(16(19)20)8-15(13)17/h3-8,18H,9H2,1-2H3,(H,19,20). The van der Waals surface area contributed by atoms with E-state index in [1.165, 1.54) is 11.1 Å². The Morgan fingerprint density at radius 1 is 1.15 bits per heavy atom. The van der Waals surface area contributed by atoms with Crippen molar-refractivity contribution in [3.05, 3.63) is 63.1 Å². The fourth-order valence-electron chi connectivity index (χ4n) is 2.10. The molecule has 0 spiro atoms. The smallest absolute Gasteiger partial charge is 0.335 e. The lowest BCUT2D eigenvalue weighted by atomic mass is 10.1. The Labute approximate surface area is 126 Å². The van der Waals surface area contributed by atoms with Gasteiger partial charge in [0.25, 0.3) is 0 Å². The molecule has 2 aromatic rings. The van der Waals surface area contributed by atoms with Gasteiger partial charge in [-0.1, -0.05) is 28.1 Å². The van der Waals surface area contributed by atoms with Crippen LogP contribution in [0.2, 0.25) is 0 Å². The molecule has 0 heterocycles. The number of anilines is 1. The second-order valence-electron chi connectivity index (χ2n) is 4.84. The van der Waals surface area contributed by atoms with Gasteiger partial charge in [0.05, 0.1) is 5.56 Å². The minimum Gasteiger partial charge on any atom is -0.478 e. The molecule has 0 aromatic heterocycles. The second-order valence-corrected chi connectivity index (χ2v) is 5.70. The number of carbonyl (C=O) groups is 1. The highest BCUT2D eigenvalue weighted by Gasteiger charge is 2.06. The number of aryl methyl sites for hydroxylation is 2. The summed E-state index contributed by atoms with van der Waals surface area (Å²) in [5, 5.41) is 12.3. The number of hydrogen-bond acceptors (Lipinski definition) is 2.